The van der Waals surface area contributed by atoms with E-state index in [9.17, 15) is 10.0 Å². The van der Waals surface area contributed by atoms with Gasteiger partial charge in [0.25, 0.3) is 0 Å². The third kappa shape index (κ3) is 2.13. The summed E-state index contributed by atoms with van der Waals surface area (Å²) in [4.78, 5) is 0. The van der Waals surface area contributed by atoms with Crippen LogP contribution < -0.4 is 5.46 Å². The molecule has 2 N–H and O–H groups in total. The van der Waals surface area contributed by atoms with E-state index < -0.39 is 7.12 Å². The Hall–Kier alpha value is -2.36. The second-order valence-corrected chi connectivity index (χ2v) is 6.90. The zero-order chi connectivity index (χ0) is 16.9. The summed E-state index contributed by atoms with van der Waals surface area (Å²) in [7, 11) is -1.45. The van der Waals surface area contributed by atoms with Crippen LogP contribution in [0.25, 0.3) is 22.3 Å². The van der Waals surface area contributed by atoms with E-state index in [1.54, 1.807) is 6.07 Å². The molecule has 0 radical (unpaired) electrons. The molecule has 0 aromatic heterocycles. The molecular weight excluding hydrogens is 295 g/mol. The van der Waals surface area contributed by atoms with Crippen molar-refractivity contribution in [2.24, 2.45) is 0 Å². The summed E-state index contributed by atoms with van der Waals surface area (Å²) in [5.74, 6) is 0. The number of benzene rings is 3. The second kappa shape index (κ2) is 5.33. The average molecular weight is 314 g/mol. The molecule has 118 valence electrons. The lowest BCUT2D eigenvalue weighted by molar-refractivity contribution is 0.426. The number of hydrogen-bond donors (Lipinski definition) is 2. The van der Waals surface area contributed by atoms with Crippen LogP contribution in [0.5, 0.6) is 0 Å². The maximum atomic E-state index is 9.57. The third-order valence-electron chi connectivity index (χ3n) is 5.11. The largest absolute Gasteiger partial charge is 0.488 e. The molecule has 3 aromatic carbocycles. The van der Waals surface area contributed by atoms with Gasteiger partial charge < -0.3 is 10.0 Å². The van der Waals surface area contributed by atoms with Crippen LogP contribution in [0.4, 0.5) is 0 Å². The Labute approximate surface area is 142 Å². The molecule has 24 heavy (non-hydrogen) atoms. The molecule has 0 bridgehead atoms. The molecule has 0 aliphatic heterocycles. The third-order valence-corrected chi connectivity index (χ3v) is 5.11. The Morgan fingerprint density at radius 1 is 0.750 bits per heavy atom. The van der Waals surface area contributed by atoms with E-state index in [-0.39, 0.29) is 5.41 Å². The molecule has 0 unspecified atom stereocenters. The van der Waals surface area contributed by atoms with Crippen LogP contribution in [-0.4, -0.2) is 17.2 Å². The lowest BCUT2D eigenvalue weighted by Gasteiger charge is -2.21. The van der Waals surface area contributed by atoms with Crippen LogP contribution in [0.1, 0.15) is 25.0 Å². The molecule has 0 atom stereocenters. The number of fused-ring (bicyclic) bond motifs is 3. The van der Waals surface area contributed by atoms with E-state index >= 15 is 0 Å². The molecule has 3 aromatic rings. The summed E-state index contributed by atoms with van der Waals surface area (Å²) in [6.45, 7) is 4.45. The van der Waals surface area contributed by atoms with Gasteiger partial charge in [0.15, 0.2) is 0 Å². The molecular formula is C21H19BO2. The second-order valence-electron chi connectivity index (χ2n) is 6.90. The lowest BCUT2D eigenvalue weighted by Crippen LogP contribution is -2.30. The quantitative estimate of drug-likeness (QED) is 0.712. The Kier molecular flexibility index (Phi) is 3.38. The Bertz CT molecular complexity index is 914. The fourth-order valence-electron chi connectivity index (χ4n) is 3.84. The molecule has 0 heterocycles. The first kappa shape index (κ1) is 15.2. The molecule has 4 rings (SSSR count). The molecule has 2 nitrogen and oxygen atoms in total. The zero-order valence-electron chi connectivity index (χ0n) is 13.8. The van der Waals surface area contributed by atoms with Gasteiger partial charge in [0.1, 0.15) is 0 Å². The zero-order valence-corrected chi connectivity index (χ0v) is 13.8. The highest BCUT2D eigenvalue weighted by molar-refractivity contribution is 6.58. The summed E-state index contributed by atoms with van der Waals surface area (Å²) < 4.78 is 0. The maximum Gasteiger partial charge on any atom is 0.488 e. The molecule has 0 saturated heterocycles. The van der Waals surface area contributed by atoms with Gasteiger partial charge in [0.05, 0.1) is 0 Å². The Morgan fingerprint density at radius 2 is 1.50 bits per heavy atom. The first-order valence-electron chi connectivity index (χ1n) is 8.20. The van der Waals surface area contributed by atoms with Crippen molar-refractivity contribution in [2.75, 3.05) is 0 Å². The van der Waals surface area contributed by atoms with Crippen molar-refractivity contribution in [3.05, 3.63) is 77.9 Å². The van der Waals surface area contributed by atoms with Gasteiger partial charge in [0.2, 0.25) is 0 Å². The van der Waals surface area contributed by atoms with Gasteiger partial charge in [-0.2, -0.15) is 0 Å². The van der Waals surface area contributed by atoms with E-state index in [1.807, 2.05) is 30.3 Å². The highest BCUT2D eigenvalue weighted by atomic mass is 16.4. The monoisotopic (exact) mass is 314 g/mol. The van der Waals surface area contributed by atoms with Gasteiger partial charge in [-0.1, -0.05) is 80.6 Å². The molecule has 0 amide bonds. The van der Waals surface area contributed by atoms with Crippen LogP contribution in [0.2, 0.25) is 0 Å². The van der Waals surface area contributed by atoms with Crippen molar-refractivity contribution >= 4 is 12.6 Å². The maximum absolute atomic E-state index is 9.57. The van der Waals surface area contributed by atoms with Crippen molar-refractivity contribution < 1.29 is 10.0 Å². The van der Waals surface area contributed by atoms with Crippen LogP contribution >= 0.6 is 0 Å². The van der Waals surface area contributed by atoms with E-state index in [0.29, 0.717) is 5.46 Å². The molecule has 3 heteroatoms. The van der Waals surface area contributed by atoms with Crippen LogP contribution in [0, 0.1) is 0 Å². The van der Waals surface area contributed by atoms with Gasteiger partial charge in [-0.25, -0.2) is 0 Å². The average Bonchev–Trinajstić information content (AvgIpc) is 2.83. The molecule has 1 aliphatic rings. The SMILES string of the molecule is CC1(C)c2ccc(B(O)O)cc2-c2c(-c3ccccc3)cccc21. The first-order chi connectivity index (χ1) is 11.5. The van der Waals surface area contributed by atoms with Gasteiger partial charge >= 0.3 is 7.12 Å². The number of hydrogen-bond acceptors (Lipinski definition) is 2. The van der Waals surface area contributed by atoms with Crippen molar-refractivity contribution in [3.63, 3.8) is 0 Å². The first-order valence-corrected chi connectivity index (χ1v) is 8.20. The van der Waals surface area contributed by atoms with Crippen molar-refractivity contribution in [3.8, 4) is 22.3 Å². The van der Waals surface area contributed by atoms with E-state index in [2.05, 4.69) is 44.2 Å². The van der Waals surface area contributed by atoms with E-state index in [1.165, 1.54) is 27.8 Å². The van der Waals surface area contributed by atoms with Crippen LogP contribution in [0.3, 0.4) is 0 Å². The normalized spacial score (nSPS) is 14.2. The summed E-state index contributed by atoms with van der Waals surface area (Å²) in [6, 6.07) is 22.5. The van der Waals surface area contributed by atoms with Gasteiger partial charge in [-0.15, -0.1) is 0 Å². The molecule has 1 aliphatic carbocycles. The van der Waals surface area contributed by atoms with Crippen LogP contribution in [-0.2, 0) is 5.41 Å². The number of rotatable bonds is 2. The summed E-state index contributed by atoms with van der Waals surface area (Å²) in [5.41, 5.74) is 7.59. The standard InChI is InChI=1S/C21H19BO2/c1-21(2)18-12-11-15(22(23)24)13-17(18)20-16(9-6-10-19(20)21)14-7-4-3-5-8-14/h3-13,23-24H,1-2H3. The lowest BCUT2D eigenvalue weighted by atomic mass is 9.77. The van der Waals surface area contributed by atoms with E-state index in [4.69, 9.17) is 0 Å². The van der Waals surface area contributed by atoms with Crippen molar-refractivity contribution in [1.82, 2.24) is 0 Å². The highest BCUT2D eigenvalue weighted by Crippen LogP contribution is 2.51. The minimum absolute atomic E-state index is 0.103. The Balaban J connectivity index is 2.04. The predicted octanol–water partition coefficient (Wildman–Crippen LogP) is 3.34. The smallest absolute Gasteiger partial charge is 0.423 e. The highest BCUT2D eigenvalue weighted by Gasteiger charge is 2.37. The minimum atomic E-state index is -1.45. The minimum Gasteiger partial charge on any atom is -0.423 e. The molecule has 0 saturated carbocycles. The van der Waals surface area contributed by atoms with Gasteiger partial charge in [-0.3, -0.25) is 0 Å². The van der Waals surface area contributed by atoms with E-state index in [0.717, 1.165) is 5.56 Å². The summed E-state index contributed by atoms with van der Waals surface area (Å²) in [6.07, 6.45) is 0. The summed E-state index contributed by atoms with van der Waals surface area (Å²) in [5, 5.41) is 19.1. The Morgan fingerprint density at radius 3 is 2.21 bits per heavy atom. The topological polar surface area (TPSA) is 40.5 Å². The van der Waals surface area contributed by atoms with Gasteiger partial charge in [-0.05, 0) is 38.8 Å². The summed E-state index contributed by atoms with van der Waals surface area (Å²) >= 11 is 0. The molecule has 0 fully saturated rings. The predicted molar refractivity (Wildman–Crippen MR) is 99.3 cm³/mol. The molecule has 0 spiro atoms. The van der Waals surface area contributed by atoms with Crippen LogP contribution in [0.15, 0.2) is 66.7 Å². The van der Waals surface area contributed by atoms with Crippen molar-refractivity contribution in [1.29, 1.82) is 0 Å². The fraction of sp³-hybridized carbons (Fsp3) is 0.143. The van der Waals surface area contributed by atoms with Crippen molar-refractivity contribution in [2.45, 2.75) is 19.3 Å². The van der Waals surface area contributed by atoms with Gasteiger partial charge in [0, 0.05) is 5.41 Å². The fourth-order valence-corrected chi connectivity index (χ4v) is 3.84.